The van der Waals surface area contributed by atoms with Crippen LogP contribution in [0.5, 0.6) is 0 Å². The van der Waals surface area contributed by atoms with E-state index in [-0.39, 0.29) is 22.8 Å². The van der Waals surface area contributed by atoms with Gasteiger partial charge in [-0.1, -0.05) is 38.1 Å². The summed E-state index contributed by atoms with van der Waals surface area (Å²) in [5.74, 6) is -0.909. The van der Waals surface area contributed by atoms with E-state index in [4.69, 9.17) is 0 Å². The minimum absolute atomic E-state index is 0.00480. The molecular weight excluding hydrogens is 350 g/mol. The van der Waals surface area contributed by atoms with Gasteiger partial charge in [-0.2, -0.15) is 0 Å². The van der Waals surface area contributed by atoms with Crippen LogP contribution in [0.25, 0.3) is 0 Å². The molecule has 0 saturated carbocycles. The Morgan fingerprint density at radius 2 is 1.96 bits per heavy atom. The number of carboxylic acids is 1. The smallest absolute Gasteiger partial charge is 0.335 e. The number of anilines is 1. The van der Waals surface area contributed by atoms with Crippen LogP contribution in [0, 0.1) is 5.41 Å². The van der Waals surface area contributed by atoms with E-state index >= 15 is 0 Å². The number of fused-ring (bicyclic) bond motifs is 1. The number of benzene rings is 2. The second kappa shape index (κ2) is 6.43. The lowest BCUT2D eigenvalue weighted by Crippen LogP contribution is -2.35. The average molecular weight is 373 g/mol. The molecular formula is C20H23NO4S. The Morgan fingerprint density at radius 1 is 1.23 bits per heavy atom. The second-order valence-corrected chi connectivity index (χ2v) is 9.88. The Balaban J connectivity index is 1.96. The molecule has 0 radical (unpaired) electrons. The number of nitrogens with one attached hydrogen (secondary N) is 1. The SMILES string of the molecule is CC1(C)Cc2cc(C(=O)O)ccc2NC1c1cccc(CS(C)(=O)=O)c1. The van der Waals surface area contributed by atoms with Crippen molar-refractivity contribution < 1.29 is 18.3 Å². The van der Waals surface area contributed by atoms with Gasteiger partial charge in [0.15, 0.2) is 9.84 Å². The molecule has 1 unspecified atom stereocenters. The van der Waals surface area contributed by atoms with Crippen LogP contribution < -0.4 is 5.32 Å². The highest BCUT2D eigenvalue weighted by Gasteiger charge is 2.36. The minimum Gasteiger partial charge on any atom is -0.478 e. The first-order chi connectivity index (χ1) is 12.0. The zero-order chi connectivity index (χ0) is 19.1. The highest BCUT2D eigenvalue weighted by molar-refractivity contribution is 7.89. The van der Waals surface area contributed by atoms with Gasteiger partial charge in [-0.05, 0) is 46.7 Å². The molecule has 138 valence electrons. The quantitative estimate of drug-likeness (QED) is 0.854. The molecule has 2 aromatic carbocycles. The maximum atomic E-state index is 11.6. The van der Waals surface area contributed by atoms with Crippen molar-refractivity contribution in [2.24, 2.45) is 5.41 Å². The third kappa shape index (κ3) is 3.90. The largest absolute Gasteiger partial charge is 0.478 e. The molecule has 5 nitrogen and oxygen atoms in total. The number of carbonyl (C=O) groups is 1. The van der Waals surface area contributed by atoms with Gasteiger partial charge in [0.25, 0.3) is 0 Å². The van der Waals surface area contributed by atoms with Crippen molar-refractivity contribution in [1.29, 1.82) is 0 Å². The number of rotatable bonds is 4. The monoisotopic (exact) mass is 373 g/mol. The van der Waals surface area contributed by atoms with Crippen LogP contribution in [0.2, 0.25) is 0 Å². The molecule has 0 aromatic heterocycles. The maximum Gasteiger partial charge on any atom is 0.335 e. The van der Waals surface area contributed by atoms with Gasteiger partial charge in [0.1, 0.15) is 0 Å². The van der Waals surface area contributed by atoms with E-state index in [9.17, 15) is 18.3 Å². The van der Waals surface area contributed by atoms with Crippen molar-refractivity contribution in [1.82, 2.24) is 0 Å². The van der Waals surface area contributed by atoms with Crippen LogP contribution in [-0.4, -0.2) is 25.7 Å². The van der Waals surface area contributed by atoms with Gasteiger partial charge in [-0.3, -0.25) is 0 Å². The molecule has 1 aliphatic heterocycles. The Kier molecular flexibility index (Phi) is 4.56. The summed E-state index contributed by atoms with van der Waals surface area (Å²) in [5, 5.41) is 12.7. The highest BCUT2D eigenvalue weighted by Crippen LogP contribution is 2.45. The Bertz CT molecular complexity index is 964. The first-order valence-corrected chi connectivity index (χ1v) is 10.5. The lowest BCUT2D eigenvalue weighted by atomic mass is 9.72. The van der Waals surface area contributed by atoms with Gasteiger partial charge in [-0.25, -0.2) is 13.2 Å². The first-order valence-electron chi connectivity index (χ1n) is 8.44. The molecule has 0 bridgehead atoms. The van der Waals surface area contributed by atoms with E-state index in [0.717, 1.165) is 28.8 Å². The summed E-state index contributed by atoms with van der Waals surface area (Å²) in [5.41, 5.74) is 3.84. The minimum atomic E-state index is -3.09. The number of hydrogen-bond acceptors (Lipinski definition) is 4. The normalized spacial score (nSPS) is 18.7. The van der Waals surface area contributed by atoms with Crippen molar-refractivity contribution in [3.8, 4) is 0 Å². The molecule has 2 N–H and O–H groups in total. The zero-order valence-electron chi connectivity index (χ0n) is 15.1. The van der Waals surface area contributed by atoms with Crippen molar-refractivity contribution in [2.45, 2.75) is 32.1 Å². The van der Waals surface area contributed by atoms with Crippen LogP contribution in [0.4, 0.5) is 5.69 Å². The molecule has 3 rings (SSSR count). The number of aromatic carboxylic acids is 1. The van der Waals surface area contributed by atoms with Gasteiger partial charge in [0.2, 0.25) is 0 Å². The summed E-state index contributed by atoms with van der Waals surface area (Å²) in [6, 6.07) is 12.8. The number of carboxylic acid groups (broad SMARTS) is 1. The Labute approximate surface area is 154 Å². The van der Waals surface area contributed by atoms with E-state index in [1.54, 1.807) is 18.2 Å². The Morgan fingerprint density at radius 3 is 2.62 bits per heavy atom. The topological polar surface area (TPSA) is 83.5 Å². The zero-order valence-corrected chi connectivity index (χ0v) is 15.9. The molecule has 0 spiro atoms. The first kappa shape index (κ1) is 18.5. The third-order valence-corrected chi connectivity index (χ3v) is 5.65. The highest BCUT2D eigenvalue weighted by atomic mass is 32.2. The molecule has 0 aliphatic carbocycles. The fourth-order valence-corrected chi connectivity index (χ4v) is 4.44. The van der Waals surface area contributed by atoms with Gasteiger partial charge in [0, 0.05) is 11.9 Å². The summed E-state index contributed by atoms with van der Waals surface area (Å²) in [4.78, 5) is 11.2. The van der Waals surface area contributed by atoms with Gasteiger partial charge in [0.05, 0.1) is 17.4 Å². The van der Waals surface area contributed by atoms with Crippen LogP contribution in [-0.2, 0) is 22.0 Å². The fraction of sp³-hybridized carbons (Fsp3) is 0.350. The van der Waals surface area contributed by atoms with Crippen molar-refractivity contribution >= 4 is 21.5 Å². The summed E-state index contributed by atoms with van der Waals surface area (Å²) in [7, 11) is -3.09. The van der Waals surface area contributed by atoms with Crippen LogP contribution >= 0.6 is 0 Å². The third-order valence-electron chi connectivity index (χ3n) is 4.79. The van der Waals surface area contributed by atoms with Crippen LogP contribution in [0.15, 0.2) is 42.5 Å². The Hall–Kier alpha value is -2.34. The summed E-state index contributed by atoms with van der Waals surface area (Å²) < 4.78 is 23.2. The van der Waals surface area contributed by atoms with Crippen molar-refractivity contribution in [2.75, 3.05) is 11.6 Å². The molecule has 26 heavy (non-hydrogen) atoms. The standard InChI is InChI=1S/C20H23NO4S/c1-20(2)11-16-10-15(19(22)23)7-8-17(16)21-18(20)14-6-4-5-13(9-14)12-26(3,24)25/h4-10,18,21H,11-12H2,1-3H3,(H,22,23). The van der Waals surface area contributed by atoms with E-state index in [1.165, 1.54) is 6.26 Å². The number of sulfone groups is 1. The van der Waals surface area contributed by atoms with Crippen LogP contribution in [0.1, 0.15) is 46.9 Å². The molecule has 0 fully saturated rings. The van der Waals surface area contributed by atoms with Crippen molar-refractivity contribution in [3.05, 3.63) is 64.7 Å². The molecule has 6 heteroatoms. The summed E-state index contributed by atoms with van der Waals surface area (Å²) in [6.07, 6.45) is 1.97. The second-order valence-electron chi connectivity index (χ2n) is 7.73. The van der Waals surface area contributed by atoms with E-state index in [0.29, 0.717) is 0 Å². The maximum absolute atomic E-state index is 11.6. The molecule has 2 aromatic rings. The van der Waals surface area contributed by atoms with E-state index < -0.39 is 15.8 Å². The summed E-state index contributed by atoms with van der Waals surface area (Å²) >= 11 is 0. The summed E-state index contributed by atoms with van der Waals surface area (Å²) in [6.45, 7) is 4.26. The van der Waals surface area contributed by atoms with E-state index in [2.05, 4.69) is 19.2 Å². The average Bonchev–Trinajstić information content (AvgIpc) is 2.51. The number of hydrogen-bond donors (Lipinski definition) is 2. The van der Waals surface area contributed by atoms with Crippen molar-refractivity contribution in [3.63, 3.8) is 0 Å². The fourth-order valence-electron chi connectivity index (χ4n) is 3.66. The molecule has 1 atom stereocenters. The molecule has 1 heterocycles. The van der Waals surface area contributed by atoms with Gasteiger partial charge < -0.3 is 10.4 Å². The van der Waals surface area contributed by atoms with Crippen LogP contribution in [0.3, 0.4) is 0 Å². The predicted octanol–water partition coefficient (Wildman–Crippen LogP) is 3.66. The van der Waals surface area contributed by atoms with E-state index in [1.807, 2.05) is 24.3 Å². The molecule has 1 aliphatic rings. The lowest BCUT2D eigenvalue weighted by molar-refractivity contribution is 0.0696. The molecule has 0 amide bonds. The van der Waals surface area contributed by atoms with Gasteiger partial charge >= 0.3 is 5.97 Å². The van der Waals surface area contributed by atoms with Gasteiger partial charge in [-0.15, -0.1) is 0 Å². The molecule has 0 saturated heterocycles. The predicted molar refractivity (Wildman–Crippen MR) is 102 cm³/mol. The lowest BCUT2D eigenvalue weighted by Gasteiger charge is -2.41.